The Labute approximate surface area is 157 Å². The van der Waals surface area contributed by atoms with Crippen LogP contribution in [0.25, 0.3) is 28.0 Å². The molecule has 0 saturated carbocycles. The van der Waals surface area contributed by atoms with E-state index in [1.54, 1.807) is 6.07 Å². The molecule has 2 heterocycles. The highest BCUT2D eigenvalue weighted by atomic mass is 19.1. The lowest BCUT2D eigenvalue weighted by atomic mass is 10.0. The topological polar surface area (TPSA) is 37.5 Å². The van der Waals surface area contributed by atoms with Crippen molar-refractivity contribution in [3.05, 3.63) is 77.9 Å². The summed E-state index contributed by atoms with van der Waals surface area (Å²) in [6, 6.07) is 16.5. The first-order valence-electron chi connectivity index (χ1n) is 9.02. The van der Waals surface area contributed by atoms with E-state index in [2.05, 4.69) is 25.1 Å². The fraction of sp³-hybridized carbons (Fsp3) is 0.174. The summed E-state index contributed by atoms with van der Waals surface area (Å²) in [6.07, 6.45) is 2.00. The lowest BCUT2D eigenvalue weighted by Gasteiger charge is -2.10. The molecule has 4 heteroatoms. The Kier molecular flexibility index (Phi) is 4.19. The number of hydrogen-bond acceptors (Lipinski definition) is 2. The second-order valence-electron chi connectivity index (χ2n) is 7.18. The summed E-state index contributed by atoms with van der Waals surface area (Å²) in [6.45, 7) is 6.16. The van der Waals surface area contributed by atoms with Crippen molar-refractivity contribution in [2.45, 2.75) is 26.7 Å². The van der Waals surface area contributed by atoms with Crippen molar-refractivity contribution in [2.75, 3.05) is 0 Å². The maximum atomic E-state index is 14.7. The van der Waals surface area contributed by atoms with Gasteiger partial charge in [0, 0.05) is 17.8 Å². The van der Waals surface area contributed by atoms with E-state index in [-0.39, 0.29) is 11.7 Å². The SMILES string of the molecule is Cc1cccc(-c2ccc3nc(C(C)C)c(-c4ccc(O)cc4F)n3c2)c1. The number of halogens is 1. The van der Waals surface area contributed by atoms with Gasteiger partial charge in [0.25, 0.3) is 0 Å². The second kappa shape index (κ2) is 6.54. The van der Waals surface area contributed by atoms with Crippen LogP contribution in [0, 0.1) is 12.7 Å². The summed E-state index contributed by atoms with van der Waals surface area (Å²) in [5.74, 6) is -0.410. The van der Waals surface area contributed by atoms with Gasteiger partial charge in [-0.25, -0.2) is 9.37 Å². The van der Waals surface area contributed by atoms with Crippen LogP contribution in [0.3, 0.4) is 0 Å². The standard InChI is InChI=1S/C23H21FN2O/c1-14(2)22-23(19-9-8-18(27)12-20(19)24)26-13-17(7-10-21(26)25-22)16-6-4-5-15(3)11-16/h4-14,27H,1-3H3. The lowest BCUT2D eigenvalue weighted by Crippen LogP contribution is -1.96. The molecule has 0 saturated heterocycles. The molecule has 0 unspecified atom stereocenters. The van der Waals surface area contributed by atoms with Gasteiger partial charge < -0.3 is 5.11 Å². The number of imidazole rings is 1. The summed E-state index contributed by atoms with van der Waals surface area (Å²) >= 11 is 0. The molecule has 0 aliphatic carbocycles. The van der Waals surface area contributed by atoms with Crippen molar-refractivity contribution in [1.82, 2.24) is 9.38 Å². The monoisotopic (exact) mass is 360 g/mol. The van der Waals surface area contributed by atoms with Gasteiger partial charge in [0.2, 0.25) is 0 Å². The van der Waals surface area contributed by atoms with Crippen molar-refractivity contribution < 1.29 is 9.50 Å². The van der Waals surface area contributed by atoms with Crippen molar-refractivity contribution in [3.8, 4) is 28.1 Å². The summed E-state index contributed by atoms with van der Waals surface area (Å²) in [5, 5.41) is 9.58. The van der Waals surface area contributed by atoms with E-state index in [1.807, 2.05) is 42.6 Å². The minimum Gasteiger partial charge on any atom is -0.508 e. The minimum atomic E-state index is -0.459. The number of benzene rings is 2. The molecule has 0 aliphatic rings. The second-order valence-corrected chi connectivity index (χ2v) is 7.18. The summed E-state index contributed by atoms with van der Waals surface area (Å²) in [4.78, 5) is 4.74. The van der Waals surface area contributed by atoms with Crippen molar-refractivity contribution in [3.63, 3.8) is 0 Å². The Hall–Kier alpha value is -3.14. The van der Waals surface area contributed by atoms with Crippen molar-refractivity contribution in [2.24, 2.45) is 0 Å². The highest BCUT2D eigenvalue weighted by molar-refractivity contribution is 5.72. The molecule has 0 aliphatic heterocycles. The van der Waals surface area contributed by atoms with E-state index < -0.39 is 5.82 Å². The summed E-state index contributed by atoms with van der Waals surface area (Å²) in [5.41, 5.74) is 6.11. The van der Waals surface area contributed by atoms with E-state index in [0.717, 1.165) is 34.2 Å². The molecule has 1 N–H and O–H groups in total. The van der Waals surface area contributed by atoms with Crippen LogP contribution < -0.4 is 0 Å². The van der Waals surface area contributed by atoms with Crippen LogP contribution in [0.15, 0.2) is 60.8 Å². The third kappa shape index (κ3) is 3.08. The van der Waals surface area contributed by atoms with Gasteiger partial charge in [-0.3, -0.25) is 4.40 Å². The lowest BCUT2D eigenvalue weighted by molar-refractivity contribution is 0.469. The normalized spacial score (nSPS) is 11.4. The van der Waals surface area contributed by atoms with Crippen LogP contribution in [0.2, 0.25) is 0 Å². The van der Waals surface area contributed by atoms with Gasteiger partial charge in [0.1, 0.15) is 17.2 Å². The van der Waals surface area contributed by atoms with E-state index in [9.17, 15) is 9.50 Å². The molecule has 0 bridgehead atoms. The molecule has 0 atom stereocenters. The van der Waals surface area contributed by atoms with Gasteiger partial charge in [-0.05, 0) is 48.2 Å². The first-order chi connectivity index (χ1) is 12.9. The smallest absolute Gasteiger partial charge is 0.137 e. The number of aryl methyl sites for hydroxylation is 1. The Morgan fingerprint density at radius 2 is 1.81 bits per heavy atom. The molecule has 2 aromatic heterocycles. The van der Waals surface area contributed by atoms with E-state index >= 15 is 0 Å². The number of phenols is 1. The van der Waals surface area contributed by atoms with Crippen LogP contribution in [-0.4, -0.2) is 14.5 Å². The number of nitrogens with zero attached hydrogens (tertiary/aromatic N) is 2. The summed E-state index contributed by atoms with van der Waals surface area (Å²) < 4.78 is 16.6. The number of phenolic OH excluding ortho intramolecular Hbond substituents is 1. The largest absolute Gasteiger partial charge is 0.508 e. The highest BCUT2D eigenvalue weighted by Gasteiger charge is 2.20. The highest BCUT2D eigenvalue weighted by Crippen LogP contribution is 2.34. The zero-order valence-electron chi connectivity index (χ0n) is 15.6. The number of hydrogen-bond donors (Lipinski definition) is 1. The third-order valence-corrected chi connectivity index (χ3v) is 4.75. The Morgan fingerprint density at radius 1 is 1.00 bits per heavy atom. The number of rotatable bonds is 3. The van der Waals surface area contributed by atoms with Crippen LogP contribution in [0.1, 0.15) is 31.0 Å². The van der Waals surface area contributed by atoms with Gasteiger partial charge in [0.05, 0.1) is 11.4 Å². The van der Waals surface area contributed by atoms with Crippen LogP contribution >= 0.6 is 0 Å². The molecular weight excluding hydrogens is 339 g/mol. The van der Waals surface area contributed by atoms with Gasteiger partial charge in [-0.1, -0.05) is 43.7 Å². The van der Waals surface area contributed by atoms with Crippen LogP contribution in [0.5, 0.6) is 5.75 Å². The predicted octanol–water partition coefficient (Wildman–Crippen LogP) is 5.94. The van der Waals surface area contributed by atoms with Crippen LogP contribution in [0.4, 0.5) is 4.39 Å². The number of pyridine rings is 1. The minimum absolute atomic E-state index is 0.0865. The quantitative estimate of drug-likeness (QED) is 0.490. The number of fused-ring (bicyclic) bond motifs is 1. The molecule has 0 spiro atoms. The fourth-order valence-corrected chi connectivity index (χ4v) is 3.42. The van der Waals surface area contributed by atoms with Crippen LogP contribution in [-0.2, 0) is 0 Å². The fourth-order valence-electron chi connectivity index (χ4n) is 3.42. The molecule has 3 nitrogen and oxygen atoms in total. The van der Waals surface area contributed by atoms with Gasteiger partial charge in [-0.2, -0.15) is 0 Å². The van der Waals surface area contributed by atoms with Crippen molar-refractivity contribution >= 4 is 5.65 Å². The maximum Gasteiger partial charge on any atom is 0.137 e. The average Bonchev–Trinajstić information content (AvgIpc) is 3.00. The molecule has 0 amide bonds. The molecule has 2 aromatic carbocycles. The predicted molar refractivity (Wildman–Crippen MR) is 107 cm³/mol. The van der Waals surface area contributed by atoms with Crippen molar-refractivity contribution in [1.29, 1.82) is 0 Å². The Morgan fingerprint density at radius 3 is 2.52 bits per heavy atom. The molecule has 4 rings (SSSR count). The molecule has 0 radical (unpaired) electrons. The van der Waals surface area contributed by atoms with E-state index in [1.165, 1.54) is 11.6 Å². The average molecular weight is 360 g/mol. The van der Waals surface area contributed by atoms with E-state index in [4.69, 9.17) is 4.98 Å². The molecule has 4 aromatic rings. The molecule has 136 valence electrons. The number of aromatic nitrogens is 2. The number of aromatic hydroxyl groups is 1. The zero-order chi connectivity index (χ0) is 19.1. The summed E-state index contributed by atoms with van der Waals surface area (Å²) in [7, 11) is 0. The maximum absolute atomic E-state index is 14.7. The molecular formula is C23H21FN2O. The molecule has 27 heavy (non-hydrogen) atoms. The third-order valence-electron chi connectivity index (χ3n) is 4.75. The Balaban J connectivity index is 2.00. The van der Waals surface area contributed by atoms with Gasteiger partial charge >= 0.3 is 0 Å². The van der Waals surface area contributed by atoms with Gasteiger partial charge in [0.15, 0.2) is 0 Å². The zero-order valence-corrected chi connectivity index (χ0v) is 15.6. The van der Waals surface area contributed by atoms with Gasteiger partial charge in [-0.15, -0.1) is 0 Å². The Bertz CT molecular complexity index is 1140. The molecule has 0 fully saturated rings. The first-order valence-corrected chi connectivity index (χ1v) is 9.02. The van der Waals surface area contributed by atoms with E-state index in [0.29, 0.717) is 5.56 Å². The first kappa shape index (κ1) is 17.3.